The summed E-state index contributed by atoms with van der Waals surface area (Å²) in [5, 5.41) is 13.4. The second kappa shape index (κ2) is 8.55. The first-order valence-corrected chi connectivity index (χ1v) is 9.89. The molecule has 146 valence electrons. The summed E-state index contributed by atoms with van der Waals surface area (Å²) >= 11 is 2.68. The summed E-state index contributed by atoms with van der Waals surface area (Å²) in [4.78, 5) is 30.3. The van der Waals surface area contributed by atoms with E-state index in [1.807, 2.05) is 12.3 Å². The summed E-state index contributed by atoms with van der Waals surface area (Å²) in [7, 11) is 0. The molecule has 3 rings (SSSR count). The molecule has 1 aliphatic rings. The van der Waals surface area contributed by atoms with E-state index in [-0.39, 0.29) is 29.4 Å². The quantitative estimate of drug-likeness (QED) is 0.574. The molecule has 1 aromatic heterocycles. The number of nitro benzene ring substituents is 1. The number of nitrogens with two attached hydrogens (primary N) is 1. The van der Waals surface area contributed by atoms with E-state index in [0.29, 0.717) is 30.1 Å². The molecule has 2 N–H and O–H groups in total. The molecule has 1 aromatic carbocycles. The van der Waals surface area contributed by atoms with E-state index >= 15 is 0 Å². The Morgan fingerprint density at radius 3 is 2.81 bits per heavy atom. The van der Waals surface area contributed by atoms with Gasteiger partial charge in [0.1, 0.15) is 0 Å². The average Bonchev–Trinajstić information content (AvgIpc) is 3.21. The number of carbonyl (C=O) groups excluding carboxylic acids is 1. The molecule has 0 bridgehead atoms. The number of amides is 1. The number of hydrogen-bond donors (Lipinski definition) is 1. The maximum absolute atomic E-state index is 12.7. The molecule has 7 nitrogen and oxygen atoms in total. The van der Waals surface area contributed by atoms with Crippen LogP contribution < -0.4 is 5.73 Å². The second-order valence-electron chi connectivity index (χ2n) is 6.79. The second-order valence-corrected chi connectivity index (χ2v) is 8.94. The van der Waals surface area contributed by atoms with Crippen LogP contribution in [0, 0.1) is 22.5 Å². The van der Waals surface area contributed by atoms with Gasteiger partial charge in [-0.05, 0) is 37.4 Å². The summed E-state index contributed by atoms with van der Waals surface area (Å²) in [5.41, 5.74) is 6.84. The number of aromatic nitrogens is 1. The van der Waals surface area contributed by atoms with Crippen molar-refractivity contribution in [3.8, 4) is 0 Å². The van der Waals surface area contributed by atoms with Crippen molar-refractivity contribution in [1.29, 1.82) is 0 Å². The lowest BCUT2D eigenvalue weighted by molar-refractivity contribution is -0.387. The van der Waals surface area contributed by atoms with Crippen molar-refractivity contribution in [2.24, 2.45) is 11.1 Å². The highest BCUT2D eigenvalue weighted by Gasteiger charge is 2.35. The van der Waals surface area contributed by atoms with Crippen LogP contribution in [0.25, 0.3) is 0 Å². The van der Waals surface area contributed by atoms with Crippen LogP contribution in [-0.2, 0) is 0 Å². The molecule has 1 fully saturated rings. The lowest BCUT2D eigenvalue weighted by Gasteiger charge is -2.22. The first-order valence-electron chi connectivity index (χ1n) is 8.19. The van der Waals surface area contributed by atoms with E-state index in [1.54, 1.807) is 17.0 Å². The Hall–Kier alpha value is -1.68. The summed E-state index contributed by atoms with van der Waals surface area (Å²) in [6.07, 6.45) is 0.842. The van der Waals surface area contributed by atoms with E-state index < -0.39 is 4.92 Å². The third-order valence-corrected chi connectivity index (χ3v) is 6.66. The van der Waals surface area contributed by atoms with E-state index in [0.717, 1.165) is 16.5 Å². The zero-order valence-corrected chi connectivity index (χ0v) is 17.5. The van der Waals surface area contributed by atoms with Gasteiger partial charge in [-0.2, -0.15) is 0 Å². The highest BCUT2D eigenvalue weighted by Crippen LogP contribution is 2.37. The molecule has 1 unspecified atom stereocenters. The van der Waals surface area contributed by atoms with Crippen LogP contribution in [-0.4, -0.2) is 40.3 Å². The maximum atomic E-state index is 12.7. The standard InChI is InChI=1S/C17H20N4O3S2.ClH/c1-11-8-25-16(19-11)26-14-4-3-12(7-13(14)21(23)24)15(22)20-6-5-17(2,9-18)10-20;/h3-4,7-8H,5-6,9-10,18H2,1-2H3;1H. The Labute approximate surface area is 171 Å². The van der Waals surface area contributed by atoms with Crippen LogP contribution in [0.1, 0.15) is 29.4 Å². The summed E-state index contributed by atoms with van der Waals surface area (Å²) in [5.74, 6) is -0.188. The van der Waals surface area contributed by atoms with Gasteiger partial charge in [0, 0.05) is 35.8 Å². The molecule has 2 aromatic rings. The fourth-order valence-corrected chi connectivity index (χ4v) is 4.78. The first kappa shape index (κ1) is 21.6. The molecule has 0 spiro atoms. The summed E-state index contributed by atoms with van der Waals surface area (Å²) in [6.45, 7) is 5.64. The van der Waals surface area contributed by atoms with Gasteiger partial charge >= 0.3 is 0 Å². The number of likely N-dealkylation sites (tertiary alicyclic amines) is 1. The minimum absolute atomic E-state index is 0. The van der Waals surface area contributed by atoms with Crippen molar-refractivity contribution in [2.45, 2.75) is 29.5 Å². The number of carbonyl (C=O) groups is 1. The lowest BCUT2D eigenvalue weighted by Crippen LogP contribution is -2.34. The number of benzene rings is 1. The van der Waals surface area contributed by atoms with Gasteiger partial charge in [-0.15, -0.1) is 23.7 Å². The van der Waals surface area contributed by atoms with Gasteiger partial charge in [0.25, 0.3) is 11.6 Å². The van der Waals surface area contributed by atoms with Crippen LogP contribution in [0.2, 0.25) is 0 Å². The normalized spacial score (nSPS) is 19.0. The zero-order valence-electron chi connectivity index (χ0n) is 15.0. The van der Waals surface area contributed by atoms with Crippen LogP contribution in [0.4, 0.5) is 5.69 Å². The van der Waals surface area contributed by atoms with E-state index in [2.05, 4.69) is 11.9 Å². The predicted octanol–water partition coefficient (Wildman–Crippen LogP) is 3.74. The Kier molecular flexibility index (Phi) is 6.85. The van der Waals surface area contributed by atoms with Crippen molar-refractivity contribution in [1.82, 2.24) is 9.88 Å². The SMILES string of the molecule is Cc1csc(Sc2ccc(C(=O)N3CCC(C)(CN)C3)cc2[N+](=O)[O-])n1.Cl. The van der Waals surface area contributed by atoms with Gasteiger partial charge in [0.15, 0.2) is 4.34 Å². The van der Waals surface area contributed by atoms with Crippen LogP contribution >= 0.6 is 35.5 Å². The highest BCUT2D eigenvalue weighted by atomic mass is 35.5. The fraction of sp³-hybridized carbons (Fsp3) is 0.412. The molecular weight excluding hydrogens is 408 g/mol. The van der Waals surface area contributed by atoms with Crippen molar-refractivity contribution < 1.29 is 9.72 Å². The molecule has 0 radical (unpaired) electrons. The van der Waals surface area contributed by atoms with Crippen molar-refractivity contribution in [2.75, 3.05) is 19.6 Å². The van der Waals surface area contributed by atoms with Crippen LogP contribution in [0.15, 0.2) is 32.8 Å². The molecule has 27 heavy (non-hydrogen) atoms. The predicted molar refractivity (Wildman–Crippen MR) is 109 cm³/mol. The molecule has 1 amide bonds. The first-order chi connectivity index (χ1) is 12.3. The monoisotopic (exact) mass is 428 g/mol. The number of rotatable bonds is 5. The van der Waals surface area contributed by atoms with Crippen molar-refractivity contribution in [3.63, 3.8) is 0 Å². The van der Waals surface area contributed by atoms with Gasteiger partial charge in [0.2, 0.25) is 0 Å². The number of nitrogens with zero attached hydrogens (tertiary/aromatic N) is 3. The molecule has 1 aliphatic heterocycles. The largest absolute Gasteiger partial charge is 0.338 e. The van der Waals surface area contributed by atoms with Crippen molar-refractivity contribution >= 4 is 47.1 Å². The molecular formula is C17H21ClN4O3S2. The highest BCUT2D eigenvalue weighted by molar-refractivity contribution is 8.01. The Bertz CT molecular complexity index is 860. The van der Waals surface area contributed by atoms with Gasteiger partial charge in [-0.3, -0.25) is 14.9 Å². The molecule has 2 heterocycles. The Morgan fingerprint density at radius 1 is 1.52 bits per heavy atom. The van der Waals surface area contributed by atoms with Crippen molar-refractivity contribution in [3.05, 3.63) is 45.0 Å². The van der Waals surface area contributed by atoms with Gasteiger partial charge in [-0.25, -0.2) is 4.98 Å². The molecule has 1 atom stereocenters. The molecule has 0 aliphatic carbocycles. The van der Waals surface area contributed by atoms with Crippen LogP contribution in [0.3, 0.4) is 0 Å². The van der Waals surface area contributed by atoms with Crippen LogP contribution in [0.5, 0.6) is 0 Å². The van der Waals surface area contributed by atoms with Gasteiger partial charge < -0.3 is 10.6 Å². The number of aryl methyl sites for hydroxylation is 1. The number of thiazole rings is 1. The lowest BCUT2D eigenvalue weighted by atomic mass is 9.90. The molecule has 0 saturated carbocycles. The minimum atomic E-state index is -0.451. The smallest absolute Gasteiger partial charge is 0.284 e. The zero-order chi connectivity index (χ0) is 18.9. The molecule has 1 saturated heterocycles. The Balaban J connectivity index is 0.00000261. The number of nitro groups is 1. The summed E-state index contributed by atoms with van der Waals surface area (Å²) in [6, 6.07) is 4.64. The van der Waals surface area contributed by atoms with E-state index in [1.165, 1.54) is 29.2 Å². The van der Waals surface area contributed by atoms with E-state index in [9.17, 15) is 14.9 Å². The molecule has 10 heteroatoms. The third-order valence-electron chi connectivity index (χ3n) is 4.54. The topological polar surface area (TPSA) is 102 Å². The van der Waals surface area contributed by atoms with Gasteiger partial charge in [0.05, 0.1) is 9.82 Å². The third kappa shape index (κ3) is 4.78. The van der Waals surface area contributed by atoms with E-state index in [4.69, 9.17) is 5.73 Å². The Morgan fingerprint density at radius 2 is 2.26 bits per heavy atom. The average molecular weight is 429 g/mol. The fourth-order valence-electron chi connectivity index (χ4n) is 2.90. The summed E-state index contributed by atoms with van der Waals surface area (Å²) < 4.78 is 0.739. The van der Waals surface area contributed by atoms with Gasteiger partial charge in [-0.1, -0.05) is 18.7 Å². The number of halogens is 1. The minimum Gasteiger partial charge on any atom is -0.338 e. The number of hydrogen-bond acceptors (Lipinski definition) is 7. The maximum Gasteiger partial charge on any atom is 0.284 e.